The van der Waals surface area contributed by atoms with Gasteiger partial charge in [0.2, 0.25) is 0 Å². The van der Waals surface area contributed by atoms with E-state index in [1.54, 1.807) is 6.92 Å². The molecule has 0 bridgehead atoms. The number of carbonyl (C=O) groups excluding carboxylic acids is 1. The Balaban J connectivity index is 2.93. The summed E-state index contributed by atoms with van der Waals surface area (Å²) in [6.07, 6.45) is -0.0496. The number of nitrogens with two attached hydrogens (primary N) is 1. The molecular weight excluding hydrogens is 310 g/mol. The molecule has 4 nitrogen and oxygen atoms in total. The van der Waals surface area contributed by atoms with Gasteiger partial charge in [0.1, 0.15) is 5.75 Å². The van der Waals surface area contributed by atoms with Gasteiger partial charge in [-0.25, -0.2) is 4.79 Å². The van der Waals surface area contributed by atoms with Crippen LogP contribution in [-0.2, 0) is 9.53 Å². The molecule has 0 fully saturated rings. The van der Waals surface area contributed by atoms with Gasteiger partial charge in [0.25, 0.3) is 0 Å². The van der Waals surface area contributed by atoms with Crippen LogP contribution >= 0.6 is 15.9 Å². The lowest BCUT2D eigenvalue weighted by Crippen LogP contribution is -2.29. The summed E-state index contributed by atoms with van der Waals surface area (Å²) in [6.45, 7) is 5.88. The van der Waals surface area contributed by atoms with Crippen LogP contribution in [-0.4, -0.2) is 18.7 Å². The summed E-state index contributed by atoms with van der Waals surface area (Å²) >= 11 is 3.40. The number of carbonyl (C=O) groups is 1. The van der Waals surface area contributed by atoms with Crippen LogP contribution in [0.1, 0.15) is 38.8 Å². The fourth-order valence-corrected chi connectivity index (χ4v) is 2.05. The minimum absolute atomic E-state index is 0.174. The Morgan fingerprint density at radius 1 is 1.42 bits per heavy atom. The first-order chi connectivity index (χ1) is 8.99. The van der Waals surface area contributed by atoms with Crippen LogP contribution in [0.15, 0.2) is 22.7 Å². The molecule has 1 aromatic carbocycles. The van der Waals surface area contributed by atoms with Crippen molar-refractivity contribution >= 4 is 21.9 Å². The lowest BCUT2D eigenvalue weighted by molar-refractivity contribution is -0.151. The summed E-state index contributed by atoms with van der Waals surface area (Å²) < 4.78 is 11.7. The summed E-state index contributed by atoms with van der Waals surface area (Å²) in [5, 5.41) is 0. The smallest absolute Gasteiger partial charge is 0.347 e. The van der Waals surface area contributed by atoms with Gasteiger partial charge in [-0.2, -0.15) is 0 Å². The first kappa shape index (κ1) is 16.0. The molecule has 0 saturated heterocycles. The minimum Gasteiger partial charge on any atom is -0.478 e. The zero-order chi connectivity index (χ0) is 14.4. The summed E-state index contributed by atoms with van der Waals surface area (Å²) in [5.74, 6) is 0.279. The summed E-state index contributed by atoms with van der Waals surface area (Å²) in [4.78, 5) is 11.7. The van der Waals surface area contributed by atoms with E-state index in [0.29, 0.717) is 18.8 Å². The molecule has 0 aliphatic heterocycles. The van der Waals surface area contributed by atoms with E-state index in [2.05, 4.69) is 15.9 Å². The number of ether oxygens (including phenoxy) is 2. The van der Waals surface area contributed by atoms with Gasteiger partial charge in [-0.15, -0.1) is 0 Å². The highest BCUT2D eigenvalue weighted by Gasteiger charge is 2.21. The highest BCUT2D eigenvalue weighted by atomic mass is 79.9. The number of hydrogen-bond donors (Lipinski definition) is 1. The average Bonchev–Trinajstić information content (AvgIpc) is 2.37. The van der Waals surface area contributed by atoms with E-state index in [9.17, 15) is 4.79 Å². The van der Waals surface area contributed by atoms with E-state index in [4.69, 9.17) is 15.2 Å². The van der Waals surface area contributed by atoms with Crippen LogP contribution in [0.5, 0.6) is 5.75 Å². The van der Waals surface area contributed by atoms with E-state index >= 15 is 0 Å². The van der Waals surface area contributed by atoms with Crippen molar-refractivity contribution in [1.29, 1.82) is 0 Å². The standard InChI is InChI=1S/C14H20BrNO3/c1-4-12(14(17)18-5-2)19-13-7-6-10(15)8-11(13)9(3)16/h6-9,12H,4-5,16H2,1-3H3. The number of halogens is 1. The maximum absolute atomic E-state index is 11.7. The van der Waals surface area contributed by atoms with Crippen LogP contribution in [0.2, 0.25) is 0 Å². The van der Waals surface area contributed by atoms with Gasteiger partial charge < -0.3 is 15.2 Å². The second kappa shape index (κ2) is 7.50. The predicted molar refractivity (Wildman–Crippen MR) is 78.1 cm³/mol. The van der Waals surface area contributed by atoms with E-state index in [1.807, 2.05) is 32.0 Å². The highest BCUT2D eigenvalue weighted by Crippen LogP contribution is 2.28. The quantitative estimate of drug-likeness (QED) is 0.814. The molecule has 0 radical (unpaired) electrons. The molecule has 0 heterocycles. The Morgan fingerprint density at radius 2 is 2.11 bits per heavy atom. The van der Waals surface area contributed by atoms with Crippen LogP contribution in [0, 0.1) is 0 Å². The van der Waals surface area contributed by atoms with Gasteiger partial charge in [-0.3, -0.25) is 0 Å². The Kier molecular flexibility index (Phi) is 6.31. The third kappa shape index (κ3) is 4.51. The molecule has 0 aliphatic carbocycles. The first-order valence-electron chi connectivity index (χ1n) is 6.37. The van der Waals surface area contributed by atoms with E-state index < -0.39 is 6.10 Å². The Labute approximate surface area is 122 Å². The SMILES string of the molecule is CCOC(=O)C(CC)Oc1ccc(Br)cc1C(C)N. The lowest BCUT2D eigenvalue weighted by atomic mass is 10.1. The van der Waals surface area contributed by atoms with Crippen molar-refractivity contribution in [1.82, 2.24) is 0 Å². The van der Waals surface area contributed by atoms with Crippen LogP contribution in [0.4, 0.5) is 0 Å². The maximum atomic E-state index is 11.7. The fourth-order valence-electron chi connectivity index (χ4n) is 1.67. The van der Waals surface area contributed by atoms with Crippen molar-refractivity contribution in [2.45, 2.75) is 39.3 Å². The van der Waals surface area contributed by atoms with Gasteiger partial charge in [-0.05, 0) is 38.5 Å². The number of rotatable bonds is 6. The lowest BCUT2D eigenvalue weighted by Gasteiger charge is -2.20. The number of benzene rings is 1. The molecule has 0 aliphatic rings. The maximum Gasteiger partial charge on any atom is 0.347 e. The van der Waals surface area contributed by atoms with Crippen molar-refractivity contribution in [3.8, 4) is 5.75 Å². The average molecular weight is 330 g/mol. The van der Waals surface area contributed by atoms with Crippen molar-refractivity contribution in [2.75, 3.05) is 6.61 Å². The molecule has 2 atom stereocenters. The molecule has 2 unspecified atom stereocenters. The number of esters is 1. The minimum atomic E-state index is -0.598. The second-order valence-corrected chi connectivity index (χ2v) is 5.15. The highest BCUT2D eigenvalue weighted by molar-refractivity contribution is 9.10. The topological polar surface area (TPSA) is 61.5 Å². The molecule has 0 saturated carbocycles. The molecule has 5 heteroatoms. The molecule has 1 rings (SSSR count). The van der Waals surface area contributed by atoms with Crippen molar-refractivity contribution in [3.63, 3.8) is 0 Å². The zero-order valence-corrected chi connectivity index (χ0v) is 13.1. The van der Waals surface area contributed by atoms with Crippen LogP contribution in [0.25, 0.3) is 0 Å². The normalized spacial score (nSPS) is 13.7. The summed E-state index contributed by atoms with van der Waals surface area (Å²) in [6, 6.07) is 5.40. The molecule has 1 aromatic rings. The number of hydrogen-bond acceptors (Lipinski definition) is 4. The van der Waals surface area contributed by atoms with Gasteiger partial charge in [0.15, 0.2) is 6.10 Å². The molecule has 19 heavy (non-hydrogen) atoms. The predicted octanol–water partition coefficient (Wildman–Crippen LogP) is 3.19. The van der Waals surface area contributed by atoms with E-state index in [1.165, 1.54) is 0 Å². The van der Waals surface area contributed by atoms with E-state index in [-0.39, 0.29) is 12.0 Å². The van der Waals surface area contributed by atoms with Gasteiger partial charge in [0.05, 0.1) is 6.61 Å². The molecule has 2 N–H and O–H groups in total. The molecule has 0 spiro atoms. The van der Waals surface area contributed by atoms with Crippen LogP contribution in [0.3, 0.4) is 0 Å². The molecule has 0 aromatic heterocycles. The third-order valence-electron chi connectivity index (χ3n) is 2.65. The Hall–Kier alpha value is -1.07. The second-order valence-electron chi connectivity index (χ2n) is 4.24. The monoisotopic (exact) mass is 329 g/mol. The Morgan fingerprint density at radius 3 is 2.63 bits per heavy atom. The van der Waals surface area contributed by atoms with Crippen LogP contribution < -0.4 is 10.5 Å². The third-order valence-corrected chi connectivity index (χ3v) is 3.15. The van der Waals surface area contributed by atoms with Gasteiger partial charge in [0, 0.05) is 16.1 Å². The van der Waals surface area contributed by atoms with Crippen molar-refractivity contribution in [3.05, 3.63) is 28.2 Å². The van der Waals surface area contributed by atoms with Gasteiger partial charge in [-0.1, -0.05) is 22.9 Å². The summed E-state index contributed by atoms with van der Waals surface area (Å²) in [7, 11) is 0. The van der Waals surface area contributed by atoms with Crippen molar-refractivity contribution < 1.29 is 14.3 Å². The van der Waals surface area contributed by atoms with E-state index in [0.717, 1.165) is 10.0 Å². The summed E-state index contributed by atoms with van der Waals surface area (Å²) in [5.41, 5.74) is 6.78. The van der Waals surface area contributed by atoms with Crippen molar-refractivity contribution in [2.24, 2.45) is 5.73 Å². The van der Waals surface area contributed by atoms with Gasteiger partial charge >= 0.3 is 5.97 Å². The molecule has 0 amide bonds. The Bertz CT molecular complexity index is 435. The zero-order valence-electron chi connectivity index (χ0n) is 11.5. The fraction of sp³-hybridized carbons (Fsp3) is 0.500. The first-order valence-corrected chi connectivity index (χ1v) is 7.17. The molecule has 106 valence electrons. The largest absolute Gasteiger partial charge is 0.478 e. The molecular formula is C14H20BrNO3.